The summed E-state index contributed by atoms with van der Waals surface area (Å²) < 4.78 is 5.76. The smallest absolute Gasteiger partial charge is 0.127 e. The topological polar surface area (TPSA) is 9.23 Å². The van der Waals surface area contributed by atoms with Crippen molar-refractivity contribution in [3.8, 4) is 0 Å². The minimum absolute atomic E-state index is 0.111. The molecule has 2 unspecified atom stereocenters. The molecule has 0 amide bonds. The first-order chi connectivity index (χ1) is 8.36. The Labute approximate surface area is 101 Å². The van der Waals surface area contributed by atoms with E-state index in [2.05, 4.69) is 36.9 Å². The lowest BCUT2D eigenvalue weighted by Crippen LogP contribution is -2.25. The molecule has 84 valence electrons. The van der Waals surface area contributed by atoms with Crippen molar-refractivity contribution in [1.82, 2.24) is 0 Å². The number of rotatable bonds is 1. The molecule has 1 heterocycles. The monoisotopic (exact) mass is 222 g/mol. The molecule has 2 aliphatic rings. The van der Waals surface area contributed by atoms with Crippen molar-refractivity contribution in [2.75, 3.05) is 0 Å². The van der Waals surface area contributed by atoms with Crippen LogP contribution in [0.5, 0.6) is 0 Å². The summed E-state index contributed by atoms with van der Waals surface area (Å²) in [6.45, 7) is 4.22. The van der Waals surface area contributed by atoms with Gasteiger partial charge in [0.25, 0.3) is 0 Å². The van der Waals surface area contributed by atoms with E-state index >= 15 is 0 Å². The van der Waals surface area contributed by atoms with Gasteiger partial charge in [-0.2, -0.15) is 0 Å². The number of fused-ring (bicyclic) bond motifs is 1. The van der Waals surface area contributed by atoms with Crippen molar-refractivity contribution in [2.45, 2.75) is 6.10 Å². The Morgan fingerprint density at radius 2 is 1.76 bits per heavy atom. The molecule has 0 bridgehead atoms. The average molecular weight is 222 g/mol. The van der Waals surface area contributed by atoms with Gasteiger partial charge >= 0.3 is 0 Å². The lowest BCUT2D eigenvalue weighted by molar-refractivity contribution is 0.153. The van der Waals surface area contributed by atoms with Crippen molar-refractivity contribution >= 4 is 5.57 Å². The number of ether oxygens (including phenoxy) is 1. The summed E-state index contributed by atoms with van der Waals surface area (Å²) >= 11 is 0. The predicted octanol–water partition coefficient (Wildman–Crippen LogP) is 3.72. The summed E-state index contributed by atoms with van der Waals surface area (Å²) in [5, 5.41) is 0. The maximum absolute atomic E-state index is 5.76. The van der Waals surface area contributed by atoms with E-state index in [9.17, 15) is 0 Å². The van der Waals surface area contributed by atoms with Crippen LogP contribution >= 0.6 is 0 Å². The van der Waals surface area contributed by atoms with Crippen LogP contribution in [0.25, 0.3) is 5.57 Å². The van der Waals surface area contributed by atoms with E-state index < -0.39 is 0 Å². The van der Waals surface area contributed by atoms with Crippen LogP contribution in [0.2, 0.25) is 0 Å². The van der Waals surface area contributed by atoms with Gasteiger partial charge in [-0.25, -0.2) is 0 Å². The largest absolute Gasteiger partial charge is 0.492 e. The minimum atomic E-state index is 0.111. The molecule has 17 heavy (non-hydrogen) atoms. The van der Waals surface area contributed by atoms with Gasteiger partial charge in [-0.05, 0) is 17.2 Å². The standard InChI is InChI=1S/C16H14O/c1-12-14-9-5-6-10-16(14)17-11-15(12)13-7-3-2-4-8-13/h2-11,14,16H,1H2. The van der Waals surface area contributed by atoms with Crippen molar-refractivity contribution in [3.63, 3.8) is 0 Å². The molecular formula is C16H14O. The van der Waals surface area contributed by atoms with Gasteiger partial charge in [0.1, 0.15) is 6.10 Å². The molecule has 0 fully saturated rings. The summed E-state index contributed by atoms with van der Waals surface area (Å²) in [7, 11) is 0. The maximum atomic E-state index is 5.76. The van der Waals surface area contributed by atoms with Crippen molar-refractivity contribution < 1.29 is 4.74 Å². The van der Waals surface area contributed by atoms with Crippen LogP contribution in [-0.4, -0.2) is 6.10 Å². The van der Waals surface area contributed by atoms with Gasteiger partial charge in [-0.3, -0.25) is 0 Å². The third kappa shape index (κ3) is 1.74. The molecule has 1 aliphatic carbocycles. The third-order valence-corrected chi connectivity index (χ3v) is 3.26. The van der Waals surface area contributed by atoms with Gasteiger partial charge in [-0.1, -0.05) is 55.1 Å². The Hall–Kier alpha value is -2.02. The molecule has 2 atom stereocenters. The molecule has 1 aromatic rings. The van der Waals surface area contributed by atoms with E-state index in [1.807, 2.05) is 30.5 Å². The molecule has 0 radical (unpaired) electrons. The molecule has 3 rings (SSSR count). The van der Waals surface area contributed by atoms with Crippen LogP contribution in [0.3, 0.4) is 0 Å². The highest BCUT2D eigenvalue weighted by Gasteiger charge is 2.28. The summed E-state index contributed by atoms with van der Waals surface area (Å²) in [4.78, 5) is 0. The summed E-state index contributed by atoms with van der Waals surface area (Å²) in [5.74, 6) is 0.264. The van der Waals surface area contributed by atoms with Crippen LogP contribution in [0.15, 0.2) is 73.1 Å². The zero-order valence-corrected chi connectivity index (χ0v) is 9.54. The van der Waals surface area contributed by atoms with E-state index in [0.717, 1.165) is 11.1 Å². The second-order valence-electron chi connectivity index (χ2n) is 4.32. The van der Waals surface area contributed by atoms with Crippen molar-refractivity contribution in [1.29, 1.82) is 0 Å². The van der Waals surface area contributed by atoms with E-state index in [0.29, 0.717) is 0 Å². The Balaban J connectivity index is 1.98. The summed E-state index contributed by atoms with van der Waals surface area (Å²) in [5.41, 5.74) is 3.40. The second-order valence-corrected chi connectivity index (χ2v) is 4.32. The van der Waals surface area contributed by atoms with Gasteiger partial charge in [0, 0.05) is 11.5 Å². The predicted molar refractivity (Wildman–Crippen MR) is 70.2 cm³/mol. The van der Waals surface area contributed by atoms with Crippen LogP contribution in [0.4, 0.5) is 0 Å². The van der Waals surface area contributed by atoms with Gasteiger partial charge in [-0.15, -0.1) is 0 Å². The third-order valence-electron chi connectivity index (χ3n) is 3.26. The fourth-order valence-corrected chi connectivity index (χ4v) is 2.30. The van der Waals surface area contributed by atoms with E-state index in [-0.39, 0.29) is 12.0 Å². The first kappa shape index (κ1) is 10.2. The van der Waals surface area contributed by atoms with Gasteiger partial charge in [0.05, 0.1) is 6.26 Å². The first-order valence-electron chi connectivity index (χ1n) is 5.81. The Morgan fingerprint density at radius 1 is 1.00 bits per heavy atom. The normalized spacial score (nSPS) is 26.1. The molecule has 1 nitrogen and oxygen atoms in total. The fraction of sp³-hybridized carbons (Fsp3) is 0.125. The number of hydrogen-bond donors (Lipinski definition) is 0. The SMILES string of the molecule is C=C1C(c2ccccc2)=COC2C=CC=CC12. The number of benzene rings is 1. The summed E-state index contributed by atoms with van der Waals surface area (Å²) in [6, 6.07) is 10.3. The minimum Gasteiger partial charge on any atom is -0.492 e. The van der Waals surface area contributed by atoms with E-state index in [4.69, 9.17) is 4.74 Å². The Morgan fingerprint density at radius 3 is 2.59 bits per heavy atom. The van der Waals surface area contributed by atoms with Crippen LogP contribution in [0, 0.1) is 5.92 Å². The lowest BCUT2D eigenvalue weighted by atomic mass is 9.83. The zero-order valence-electron chi connectivity index (χ0n) is 9.54. The van der Waals surface area contributed by atoms with Crippen molar-refractivity contribution in [3.05, 3.63) is 78.6 Å². The number of allylic oxidation sites excluding steroid dienone is 3. The van der Waals surface area contributed by atoms with Gasteiger partial charge in [0.2, 0.25) is 0 Å². The average Bonchev–Trinajstić information content (AvgIpc) is 2.40. The molecule has 0 aromatic heterocycles. The van der Waals surface area contributed by atoms with Crippen LogP contribution in [0.1, 0.15) is 5.56 Å². The van der Waals surface area contributed by atoms with Crippen LogP contribution in [-0.2, 0) is 4.74 Å². The second kappa shape index (κ2) is 4.10. The Bertz CT molecular complexity index is 520. The van der Waals surface area contributed by atoms with Crippen LogP contribution < -0.4 is 0 Å². The Kier molecular flexibility index (Phi) is 2.45. The van der Waals surface area contributed by atoms with E-state index in [1.165, 1.54) is 5.56 Å². The molecule has 0 saturated carbocycles. The highest BCUT2D eigenvalue weighted by atomic mass is 16.5. The highest BCUT2D eigenvalue weighted by Crippen LogP contribution is 2.37. The molecule has 1 aliphatic heterocycles. The van der Waals surface area contributed by atoms with E-state index in [1.54, 1.807) is 0 Å². The molecule has 0 spiro atoms. The van der Waals surface area contributed by atoms with Crippen molar-refractivity contribution in [2.24, 2.45) is 5.92 Å². The zero-order chi connectivity index (χ0) is 11.7. The lowest BCUT2D eigenvalue weighted by Gasteiger charge is -2.31. The maximum Gasteiger partial charge on any atom is 0.127 e. The number of hydrogen-bond acceptors (Lipinski definition) is 1. The molecule has 0 N–H and O–H groups in total. The quantitative estimate of drug-likeness (QED) is 0.703. The fourth-order valence-electron chi connectivity index (χ4n) is 2.30. The molecule has 1 aromatic carbocycles. The summed E-state index contributed by atoms with van der Waals surface area (Å²) in [6.07, 6.45) is 10.3. The highest BCUT2D eigenvalue weighted by molar-refractivity contribution is 5.79. The first-order valence-corrected chi connectivity index (χ1v) is 5.81. The molecular weight excluding hydrogens is 208 g/mol. The molecule has 1 heteroatoms. The van der Waals surface area contributed by atoms with Gasteiger partial charge < -0.3 is 4.74 Å². The molecule has 0 saturated heterocycles. The van der Waals surface area contributed by atoms with Gasteiger partial charge in [0.15, 0.2) is 0 Å².